The van der Waals surface area contributed by atoms with E-state index in [1.54, 1.807) is 11.3 Å². The van der Waals surface area contributed by atoms with Gasteiger partial charge in [-0.2, -0.15) is 0 Å². The number of carbonyl (C=O) groups is 2. The minimum absolute atomic E-state index is 0.144. The summed E-state index contributed by atoms with van der Waals surface area (Å²) in [6.45, 7) is 7.06. The van der Waals surface area contributed by atoms with Crippen LogP contribution in [0.3, 0.4) is 0 Å². The molecule has 0 aliphatic carbocycles. The van der Waals surface area contributed by atoms with Crippen LogP contribution in [0.1, 0.15) is 47.5 Å². The fraction of sp³-hybridized carbons (Fsp3) is 0.333. The van der Waals surface area contributed by atoms with Gasteiger partial charge in [-0.25, -0.2) is 4.79 Å². The lowest BCUT2D eigenvalue weighted by Gasteiger charge is -2.09. The van der Waals surface area contributed by atoms with Crippen LogP contribution in [-0.2, 0) is 22.5 Å². The number of nitrogens with one attached hydrogen (secondary N) is 1. The predicted octanol–water partition coefficient (Wildman–Crippen LogP) is 6.92. The standard InChI is InChI=1S/C27H30N4O3S3/c1-5-7-20-13-19(14-35-20)24-29-30-27(31(24)12-6-2)37-16-22(32)28-25-23(26(33)34-4)21(15-36-25)18-10-8-17(3)9-11-18/h8-11,13-15H,5-7,12,16H2,1-4H3,(H,28,32). The van der Waals surface area contributed by atoms with Crippen molar-refractivity contribution in [3.05, 3.63) is 57.1 Å². The second-order valence-corrected chi connectivity index (χ2v) is 11.4. The molecule has 0 bridgehead atoms. The minimum Gasteiger partial charge on any atom is -0.465 e. The molecule has 0 atom stereocenters. The Morgan fingerprint density at radius 2 is 1.84 bits per heavy atom. The second kappa shape index (κ2) is 12.5. The maximum atomic E-state index is 12.9. The van der Waals surface area contributed by atoms with Gasteiger partial charge in [0, 0.05) is 33.3 Å². The smallest absolute Gasteiger partial charge is 0.341 e. The highest BCUT2D eigenvalue weighted by atomic mass is 32.2. The zero-order chi connectivity index (χ0) is 26.4. The van der Waals surface area contributed by atoms with Crippen LogP contribution in [0.15, 0.2) is 46.2 Å². The number of ether oxygens (including phenoxy) is 1. The number of nitrogens with zero attached hydrogens (tertiary/aromatic N) is 3. The molecule has 3 aromatic heterocycles. The van der Waals surface area contributed by atoms with Crippen LogP contribution in [-0.4, -0.2) is 39.5 Å². The van der Waals surface area contributed by atoms with Gasteiger partial charge in [-0.3, -0.25) is 4.79 Å². The van der Waals surface area contributed by atoms with E-state index in [9.17, 15) is 9.59 Å². The Morgan fingerprint density at radius 1 is 1.05 bits per heavy atom. The molecule has 0 saturated carbocycles. The van der Waals surface area contributed by atoms with Gasteiger partial charge in [-0.15, -0.1) is 32.9 Å². The van der Waals surface area contributed by atoms with Crippen molar-refractivity contribution in [3.63, 3.8) is 0 Å². The van der Waals surface area contributed by atoms with Gasteiger partial charge in [-0.05, 0) is 31.4 Å². The van der Waals surface area contributed by atoms with E-state index in [1.807, 2.05) is 36.6 Å². The van der Waals surface area contributed by atoms with Gasteiger partial charge in [0.15, 0.2) is 11.0 Å². The van der Waals surface area contributed by atoms with E-state index < -0.39 is 5.97 Å². The number of methoxy groups -OCH3 is 1. The number of aryl methyl sites for hydroxylation is 2. The number of benzene rings is 1. The van der Waals surface area contributed by atoms with E-state index in [2.05, 4.69) is 45.4 Å². The molecule has 4 rings (SSSR count). The maximum Gasteiger partial charge on any atom is 0.341 e. The third-order valence-corrected chi connectivity index (χ3v) is 8.56. The molecule has 0 spiro atoms. The highest BCUT2D eigenvalue weighted by molar-refractivity contribution is 7.99. The summed E-state index contributed by atoms with van der Waals surface area (Å²) in [4.78, 5) is 26.9. The molecule has 0 radical (unpaired) electrons. The largest absolute Gasteiger partial charge is 0.465 e. The van der Waals surface area contributed by atoms with Crippen LogP contribution < -0.4 is 5.32 Å². The van der Waals surface area contributed by atoms with Gasteiger partial charge in [-0.1, -0.05) is 61.9 Å². The van der Waals surface area contributed by atoms with E-state index in [0.29, 0.717) is 15.7 Å². The average Bonchev–Trinajstić information content (AvgIpc) is 3.62. The number of aromatic nitrogens is 3. The summed E-state index contributed by atoms with van der Waals surface area (Å²) in [7, 11) is 1.34. The molecule has 1 amide bonds. The Kier molecular flexibility index (Phi) is 9.18. The van der Waals surface area contributed by atoms with Crippen molar-refractivity contribution >= 4 is 51.3 Å². The number of esters is 1. The molecule has 194 valence electrons. The first-order valence-corrected chi connectivity index (χ1v) is 14.9. The van der Waals surface area contributed by atoms with Crippen LogP contribution in [0.25, 0.3) is 22.5 Å². The topological polar surface area (TPSA) is 86.1 Å². The molecule has 0 saturated heterocycles. The summed E-state index contributed by atoms with van der Waals surface area (Å²) in [6, 6.07) is 10.1. The van der Waals surface area contributed by atoms with Crippen molar-refractivity contribution in [1.29, 1.82) is 0 Å². The first-order chi connectivity index (χ1) is 17.9. The van der Waals surface area contributed by atoms with E-state index in [1.165, 1.54) is 35.1 Å². The van der Waals surface area contributed by atoms with E-state index >= 15 is 0 Å². The lowest BCUT2D eigenvalue weighted by atomic mass is 10.0. The monoisotopic (exact) mass is 554 g/mol. The molecule has 1 aromatic carbocycles. The van der Waals surface area contributed by atoms with Gasteiger partial charge in [0.2, 0.25) is 5.91 Å². The summed E-state index contributed by atoms with van der Waals surface area (Å²) in [5, 5.41) is 16.9. The summed E-state index contributed by atoms with van der Waals surface area (Å²) in [6.07, 6.45) is 3.08. The van der Waals surface area contributed by atoms with Crippen molar-refractivity contribution < 1.29 is 14.3 Å². The van der Waals surface area contributed by atoms with Gasteiger partial charge in [0.25, 0.3) is 0 Å². The first-order valence-electron chi connectivity index (χ1n) is 12.2. The third kappa shape index (κ3) is 6.31. The van der Waals surface area contributed by atoms with Crippen molar-refractivity contribution in [3.8, 4) is 22.5 Å². The van der Waals surface area contributed by atoms with Crippen LogP contribution in [0.5, 0.6) is 0 Å². The van der Waals surface area contributed by atoms with E-state index in [-0.39, 0.29) is 11.7 Å². The van der Waals surface area contributed by atoms with Crippen molar-refractivity contribution in [2.75, 3.05) is 18.2 Å². The SMILES string of the molecule is CCCc1cc(-c2nnc(SCC(=O)Nc3scc(-c4ccc(C)cc4)c3C(=O)OC)n2CCC)cs1. The molecule has 0 unspecified atom stereocenters. The Balaban J connectivity index is 1.50. The van der Waals surface area contributed by atoms with Gasteiger partial charge < -0.3 is 14.6 Å². The fourth-order valence-corrected chi connectivity index (χ4v) is 6.61. The number of thioether (sulfide) groups is 1. The van der Waals surface area contributed by atoms with Gasteiger partial charge in [0.1, 0.15) is 10.6 Å². The summed E-state index contributed by atoms with van der Waals surface area (Å²) >= 11 is 4.40. The number of carbonyl (C=O) groups excluding carboxylic acids is 2. The lowest BCUT2D eigenvalue weighted by Crippen LogP contribution is -2.16. The quantitative estimate of drug-likeness (QED) is 0.160. The zero-order valence-electron chi connectivity index (χ0n) is 21.4. The number of hydrogen-bond donors (Lipinski definition) is 1. The average molecular weight is 555 g/mol. The molecule has 0 aliphatic heterocycles. The van der Waals surface area contributed by atoms with E-state index in [0.717, 1.165) is 53.9 Å². The van der Waals surface area contributed by atoms with Gasteiger partial charge in [0.05, 0.1) is 12.9 Å². The molecule has 4 aromatic rings. The maximum absolute atomic E-state index is 12.9. The summed E-state index contributed by atoms with van der Waals surface area (Å²) in [5.41, 5.74) is 4.20. The number of rotatable bonds is 11. The van der Waals surface area contributed by atoms with Crippen LogP contribution in [0.2, 0.25) is 0 Å². The van der Waals surface area contributed by atoms with Gasteiger partial charge >= 0.3 is 5.97 Å². The first kappa shape index (κ1) is 27.1. The van der Waals surface area contributed by atoms with Crippen LogP contribution in [0.4, 0.5) is 5.00 Å². The molecule has 0 aliphatic rings. The normalized spacial score (nSPS) is 11.0. The summed E-state index contributed by atoms with van der Waals surface area (Å²) < 4.78 is 7.11. The molecule has 7 nitrogen and oxygen atoms in total. The molecular weight excluding hydrogens is 525 g/mol. The highest BCUT2D eigenvalue weighted by Crippen LogP contribution is 2.36. The number of thiophene rings is 2. The number of hydrogen-bond acceptors (Lipinski definition) is 8. The van der Waals surface area contributed by atoms with E-state index in [4.69, 9.17) is 4.74 Å². The molecule has 10 heteroatoms. The molecule has 1 N–H and O–H groups in total. The Morgan fingerprint density at radius 3 is 2.54 bits per heavy atom. The Labute approximate surface area is 229 Å². The van der Waals surface area contributed by atoms with Crippen molar-refractivity contribution in [2.45, 2.75) is 51.7 Å². The summed E-state index contributed by atoms with van der Waals surface area (Å²) in [5.74, 6) is 0.272. The van der Waals surface area contributed by atoms with Crippen LogP contribution in [0, 0.1) is 6.92 Å². The third-order valence-electron chi connectivity index (χ3n) is 5.70. The molecule has 3 heterocycles. The Hall–Kier alpha value is -2.95. The van der Waals surface area contributed by atoms with Crippen molar-refractivity contribution in [1.82, 2.24) is 14.8 Å². The zero-order valence-corrected chi connectivity index (χ0v) is 23.8. The Bertz CT molecular complexity index is 1370. The lowest BCUT2D eigenvalue weighted by molar-refractivity contribution is -0.113. The van der Waals surface area contributed by atoms with Crippen LogP contribution >= 0.6 is 34.4 Å². The highest BCUT2D eigenvalue weighted by Gasteiger charge is 2.23. The fourth-order valence-electron chi connectivity index (χ4n) is 3.90. The minimum atomic E-state index is -0.481. The molecular formula is C27H30N4O3S3. The second-order valence-electron chi connectivity index (χ2n) is 8.56. The number of anilines is 1. The molecule has 0 fully saturated rings. The molecule has 37 heavy (non-hydrogen) atoms. The number of amides is 1. The predicted molar refractivity (Wildman–Crippen MR) is 153 cm³/mol. The van der Waals surface area contributed by atoms with Crippen molar-refractivity contribution in [2.24, 2.45) is 0 Å².